The Morgan fingerprint density at radius 3 is 2.52 bits per heavy atom. The molecule has 0 aliphatic carbocycles. The summed E-state index contributed by atoms with van der Waals surface area (Å²) in [6.07, 6.45) is 0.802. The minimum Gasteiger partial charge on any atom is -0.493 e. The maximum atomic E-state index is 12.1. The van der Waals surface area contributed by atoms with Crippen molar-refractivity contribution in [2.75, 3.05) is 39.7 Å². The van der Waals surface area contributed by atoms with Crippen LogP contribution in [-0.4, -0.2) is 45.2 Å². The average molecular weight is 363 g/mol. The summed E-state index contributed by atoms with van der Waals surface area (Å²) in [6.45, 7) is 1.03. The van der Waals surface area contributed by atoms with Crippen LogP contribution in [0.25, 0.3) is 0 Å². The van der Waals surface area contributed by atoms with Gasteiger partial charge < -0.3 is 14.8 Å². The summed E-state index contributed by atoms with van der Waals surface area (Å²) in [5, 5.41) is 3.35. The Bertz CT molecular complexity index is 722. The Balaban J connectivity index is 1.85. The number of carbonyl (C=O) groups is 1. The van der Waals surface area contributed by atoms with Gasteiger partial charge in [0.1, 0.15) is 0 Å². The van der Waals surface area contributed by atoms with E-state index in [2.05, 4.69) is 5.32 Å². The molecule has 2 aromatic carbocycles. The highest BCUT2D eigenvalue weighted by Crippen LogP contribution is 2.27. The van der Waals surface area contributed by atoms with Crippen molar-refractivity contribution in [1.29, 1.82) is 0 Å². The molecule has 1 N–H and O–H groups in total. The van der Waals surface area contributed by atoms with Crippen LogP contribution in [0, 0.1) is 0 Å². The summed E-state index contributed by atoms with van der Waals surface area (Å²) >= 11 is 6.05. The number of benzene rings is 2. The van der Waals surface area contributed by atoms with Gasteiger partial charge in [0, 0.05) is 6.54 Å². The van der Waals surface area contributed by atoms with Gasteiger partial charge in [-0.3, -0.25) is 9.69 Å². The lowest BCUT2D eigenvalue weighted by Crippen LogP contribution is -2.31. The van der Waals surface area contributed by atoms with E-state index in [-0.39, 0.29) is 5.91 Å². The molecule has 6 heteroatoms. The summed E-state index contributed by atoms with van der Waals surface area (Å²) in [5.74, 6) is 1.32. The SMILES string of the molecule is COc1ccc(CCN(C)CC(=O)Nc2ccccc2Cl)cc1OC. The van der Waals surface area contributed by atoms with Crippen LogP contribution in [0.1, 0.15) is 5.56 Å². The second-order valence-corrected chi connectivity index (χ2v) is 6.11. The molecular weight excluding hydrogens is 340 g/mol. The highest BCUT2D eigenvalue weighted by atomic mass is 35.5. The first-order valence-corrected chi connectivity index (χ1v) is 8.35. The number of ether oxygens (including phenoxy) is 2. The quantitative estimate of drug-likeness (QED) is 0.781. The zero-order valence-corrected chi connectivity index (χ0v) is 15.5. The monoisotopic (exact) mass is 362 g/mol. The van der Waals surface area contributed by atoms with Gasteiger partial charge in [-0.05, 0) is 43.3 Å². The van der Waals surface area contributed by atoms with Crippen LogP contribution in [0.15, 0.2) is 42.5 Å². The van der Waals surface area contributed by atoms with Crippen molar-refractivity contribution in [2.45, 2.75) is 6.42 Å². The third-order valence-electron chi connectivity index (χ3n) is 3.79. The van der Waals surface area contributed by atoms with E-state index >= 15 is 0 Å². The second-order valence-electron chi connectivity index (χ2n) is 5.71. The molecule has 134 valence electrons. The maximum Gasteiger partial charge on any atom is 0.238 e. The predicted octanol–water partition coefficient (Wildman–Crippen LogP) is 3.47. The van der Waals surface area contributed by atoms with Gasteiger partial charge in [0.2, 0.25) is 5.91 Å². The van der Waals surface area contributed by atoms with Crippen molar-refractivity contribution >= 4 is 23.2 Å². The molecule has 0 aliphatic heterocycles. The third kappa shape index (κ3) is 5.66. The van der Waals surface area contributed by atoms with Crippen molar-refractivity contribution in [3.8, 4) is 11.5 Å². The van der Waals surface area contributed by atoms with Gasteiger partial charge in [-0.25, -0.2) is 0 Å². The molecule has 2 aromatic rings. The maximum absolute atomic E-state index is 12.1. The lowest BCUT2D eigenvalue weighted by atomic mass is 10.1. The van der Waals surface area contributed by atoms with Crippen LogP contribution >= 0.6 is 11.6 Å². The van der Waals surface area contributed by atoms with Gasteiger partial charge in [-0.1, -0.05) is 29.8 Å². The number of anilines is 1. The van der Waals surface area contributed by atoms with E-state index in [1.807, 2.05) is 42.3 Å². The first-order chi connectivity index (χ1) is 12.0. The average Bonchev–Trinajstić information content (AvgIpc) is 2.61. The van der Waals surface area contributed by atoms with Crippen LogP contribution in [0.4, 0.5) is 5.69 Å². The van der Waals surface area contributed by atoms with Crippen molar-refractivity contribution in [3.63, 3.8) is 0 Å². The van der Waals surface area contributed by atoms with E-state index in [9.17, 15) is 4.79 Å². The normalized spacial score (nSPS) is 10.6. The van der Waals surface area contributed by atoms with Crippen LogP contribution in [0.5, 0.6) is 11.5 Å². The van der Waals surface area contributed by atoms with E-state index in [1.54, 1.807) is 26.4 Å². The minimum atomic E-state index is -0.0945. The first kappa shape index (κ1) is 19.1. The van der Waals surface area contributed by atoms with E-state index in [0.29, 0.717) is 28.8 Å². The zero-order chi connectivity index (χ0) is 18.2. The molecule has 0 aliphatic rings. The number of methoxy groups -OCH3 is 2. The number of rotatable bonds is 8. The Hall–Kier alpha value is -2.24. The number of amides is 1. The fourth-order valence-electron chi connectivity index (χ4n) is 2.43. The number of hydrogen-bond acceptors (Lipinski definition) is 4. The summed E-state index contributed by atoms with van der Waals surface area (Å²) in [5.41, 5.74) is 1.75. The number of nitrogens with zero attached hydrogens (tertiary/aromatic N) is 1. The lowest BCUT2D eigenvalue weighted by molar-refractivity contribution is -0.117. The molecule has 25 heavy (non-hydrogen) atoms. The summed E-state index contributed by atoms with van der Waals surface area (Å²) in [4.78, 5) is 14.1. The molecule has 0 fully saturated rings. The second kappa shape index (κ2) is 9.30. The van der Waals surface area contributed by atoms with Crippen LogP contribution < -0.4 is 14.8 Å². The topological polar surface area (TPSA) is 50.8 Å². The van der Waals surface area contributed by atoms with Crippen molar-refractivity contribution in [3.05, 3.63) is 53.1 Å². The number of halogens is 1. The van der Waals surface area contributed by atoms with Crippen molar-refractivity contribution < 1.29 is 14.3 Å². The molecule has 0 aromatic heterocycles. The van der Waals surface area contributed by atoms with Crippen LogP contribution in [0.2, 0.25) is 5.02 Å². The largest absolute Gasteiger partial charge is 0.493 e. The Morgan fingerprint density at radius 2 is 1.84 bits per heavy atom. The molecule has 0 heterocycles. The Morgan fingerprint density at radius 1 is 1.12 bits per heavy atom. The molecule has 0 unspecified atom stereocenters. The highest BCUT2D eigenvalue weighted by molar-refractivity contribution is 6.33. The van der Waals surface area contributed by atoms with Crippen molar-refractivity contribution in [2.24, 2.45) is 0 Å². The summed E-state index contributed by atoms with van der Waals surface area (Å²) in [7, 11) is 5.14. The molecule has 5 nitrogen and oxygen atoms in total. The number of nitrogens with one attached hydrogen (secondary N) is 1. The number of likely N-dealkylation sites (N-methyl/N-ethyl adjacent to an activating group) is 1. The van der Waals surface area contributed by atoms with Gasteiger partial charge in [0.05, 0.1) is 31.5 Å². The molecule has 0 saturated carbocycles. The van der Waals surface area contributed by atoms with Crippen molar-refractivity contribution in [1.82, 2.24) is 4.90 Å². The van der Waals surface area contributed by atoms with Gasteiger partial charge in [0.15, 0.2) is 11.5 Å². The first-order valence-electron chi connectivity index (χ1n) is 7.97. The van der Waals surface area contributed by atoms with Crippen LogP contribution in [-0.2, 0) is 11.2 Å². The number of para-hydroxylation sites is 1. The summed E-state index contributed by atoms with van der Waals surface area (Å²) in [6, 6.07) is 13.0. The van der Waals surface area contributed by atoms with Crippen LogP contribution in [0.3, 0.4) is 0 Å². The summed E-state index contributed by atoms with van der Waals surface area (Å²) < 4.78 is 10.5. The van der Waals surface area contributed by atoms with Gasteiger partial charge in [-0.2, -0.15) is 0 Å². The minimum absolute atomic E-state index is 0.0945. The molecule has 0 spiro atoms. The number of hydrogen-bond donors (Lipinski definition) is 1. The smallest absolute Gasteiger partial charge is 0.238 e. The Labute approximate surface area is 153 Å². The van der Waals surface area contributed by atoms with Gasteiger partial charge >= 0.3 is 0 Å². The Kier molecular flexibility index (Phi) is 7.10. The fraction of sp³-hybridized carbons (Fsp3) is 0.316. The molecular formula is C19H23ClN2O3. The molecule has 1 amide bonds. The molecule has 0 radical (unpaired) electrons. The molecule has 2 rings (SSSR count). The highest BCUT2D eigenvalue weighted by Gasteiger charge is 2.10. The van der Waals surface area contributed by atoms with E-state index in [0.717, 1.165) is 18.5 Å². The standard InChI is InChI=1S/C19H23ClN2O3/c1-22(13-19(23)21-16-7-5-4-6-15(16)20)11-10-14-8-9-17(24-2)18(12-14)25-3/h4-9,12H,10-11,13H2,1-3H3,(H,21,23). The molecule has 0 bridgehead atoms. The van der Waals surface area contributed by atoms with Gasteiger partial charge in [-0.15, -0.1) is 0 Å². The fourth-order valence-corrected chi connectivity index (χ4v) is 2.62. The van der Waals surface area contributed by atoms with E-state index in [1.165, 1.54) is 0 Å². The molecule has 0 saturated heterocycles. The number of carbonyl (C=O) groups excluding carboxylic acids is 1. The zero-order valence-electron chi connectivity index (χ0n) is 14.7. The van der Waals surface area contributed by atoms with E-state index in [4.69, 9.17) is 21.1 Å². The third-order valence-corrected chi connectivity index (χ3v) is 4.12. The lowest BCUT2D eigenvalue weighted by Gasteiger charge is -2.17. The van der Waals surface area contributed by atoms with Gasteiger partial charge in [0.25, 0.3) is 0 Å². The molecule has 0 atom stereocenters. The predicted molar refractivity (Wildman–Crippen MR) is 101 cm³/mol. The van der Waals surface area contributed by atoms with E-state index < -0.39 is 0 Å².